The topological polar surface area (TPSA) is 223 Å². The highest BCUT2D eigenvalue weighted by Gasteiger charge is 2.79. The maximum Gasteiger partial charge on any atom is 0.418 e. The van der Waals surface area contributed by atoms with Crippen LogP contribution in [0.2, 0.25) is 0 Å². The molecule has 8 atom stereocenters. The maximum atomic E-state index is 14.5. The van der Waals surface area contributed by atoms with E-state index in [1.165, 1.54) is 58.0 Å². The smallest absolute Gasteiger partial charge is 0.418 e. The van der Waals surface area contributed by atoms with Gasteiger partial charge in [0.05, 0.1) is 45.7 Å². The molecule has 2 aromatic rings. The first-order chi connectivity index (χ1) is 23.0. The number of Topliss-reactive ketones (excluding diaryl/α,β-unsaturated/α-hetero) is 2. The average Bonchev–Trinajstić information content (AvgIpc) is 3.01. The molecule has 270 valence electrons. The number of aromatic hydroxyl groups is 1. The van der Waals surface area contributed by atoms with Gasteiger partial charge in [0.15, 0.2) is 11.4 Å². The molecule has 2 aromatic carbocycles. The highest BCUT2D eigenvalue weighted by molar-refractivity contribution is 6.26. The number of nitrogens with two attached hydrogens (primary N) is 1. The lowest BCUT2D eigenvalue weighted by Gasteiger charge is -2.65. The highest BCUT2D eigenvalue weighted by atomic mass is 35.5. The quantitative estimate of drug-likeness (QED) is 0.128. The Bertz CT molecular complexity index is 1870. The number of phenols is 1. The number of fused-ring (bicyclic) bond motifs is 3. The Labute approximate surface area is 288 Å². The fraction of sp³-hybridized carbons (Fsp3) is 0.455. The molecule has 0 spiro atoms. The number of amides is 3. The summed E-state index contributed by atoms with van der Waals surface area (Å²) < 4.78 is 41.1. The van der Waals surface area contributed by atoms with Gasteiger partial charge >= 0.3 is 12.2 Å². The van der Waals surface area contributed by atoms with Gasteiger partial charge in [-0.2, -0.15) is 13.2 Å². The summed E-state index contributed by atoms with van der Waals surface area (Å²) in [7, 11) is 2.88. The zero-order chi connectivity index (χ0) is 37.6. The number of likely N-dealkylation sites (N-methyl/N-ethyl adjacent to an activating group) is 1. The summed E-state index contributed by atoms with van der Waals surface area (Å²) in [6, 6.07) is 2.94. The SMILES string of the molecule is C[C@H]1c2ccc(NC(=O)Nc3ccc(CCl)cc3C(F)(F)F)c(O)c2C(O)=C2C(=O)[C@]3(O)C(=O)C(C(N)=O)C(O)[C@@H](N(C)C)[C@]3(C)[C@@H](O)[C@@]21C. The van der Waals surface area contributed by atoms with Crippen molar-refractivity contribution in [2.75, 3.05) is 24.7 Å². The number of alkyl halides is 4. The van der Waals surface area contributed by atoms with Crippen molar-refractivity contribution in [3.63, 3.8) is 0 Å². The van der Waals surface area contributed by atoms with Crippen LogP contribution in [-0.2, 0) is 26.4 Å². The van der Waals surface area contributed by atoms with Crippen molar-refractivity contribution in [1.82, 2.24) is 4.90 Å². The molecule has 5 rings (SSSR count). The van der Waals surface area contributed by atoms with Gasteiger partial charge < -0.3 is 46.8 Å². The van der Waals surface area contributed by atoms with Crippen molar-refractivity contribution >= 4 is 52.2 Å². The van der Waals surface area contributed by atoms with Gasteiger partial charge in [0.1, 0.15) is 17.4 Å². The Balaban J connectivity index is 1.63. The van der Waals surface area contributed by atoms with Crippen LogP contribution in [0.15, 0.2) is 35.9 Å². The van der Waals surface area contributed by atoms with Crippen LogP contribution in [0, 0.1) is 16.7 Å². The number of phenolic OH excluding ortho intramolecular Hbond substituents is 1. The minimum atomic E-state index is -4.86. The Kier molecular flexibility index (Phi) is 8.85. The van der Waals surface area contributed by atoms with E-state index in [-0.39, 0.29) is 17.0 Å². The van der Waals surface area contributed by atoms with Crippen molar-refractivity contribution in [2.24, 2.45) is 22.5 Å². The molecule has 0 aliphatic heterocycles. The van der Waals surface area contributed by atoms with Crippen LogP contribution < -0.4 is 16.4 Å². The molecular weight excluding hydrogens is 689 g/mol. The molecule has 2 fully saturated rings. The van der Waals surface area contributed by atoms with E-state index in [0.717, 1.165) is 12.1 Å². The molecule has 0 bridgehead atoms. The molecule has 17 heteroatoms. The van der Waals surface area contributed by atoms with Gasteiger partial charge in [0.25, 0.3) is 0 Å². The minimum Gasteiger partial charge on any atom is -0.507 e. The standard InChI is InChI=1S/C33H36ClF3N4O9/c1-12-14-7-9-17(40-29(49)39-16-8-6-13(11-34)10-15(16)33(35,36)37)21(42)18(14)22(43)20-26(46)32(50)25(45)19(27(38)47)23(44)24(41(4)5)31(32,3)28(48)30(12,20)2/h6-10,12,19,23-24,28,42-44,48,50H,11H2,1-5H3,(H2,38,47)(H2,39,40,49)/t12-,19?,23?,24+,28-,30+,31+,32+/m0/s1. The third-order valence-corrected chi connectivity index (χ3v) is 11.2. The molecule has 3 amide bonds. The van der Waals surface area contributed by atoms with Crippen LogP contribution in [0.25, 0.3) is 5.76 Å². The van der Waals surface area contributed by atoms with Crippen LogP contribution in [0.4, 0.5) is 29.3 Å². The second-order valence-corrected chi connectivity index (χ2v) is 13.9. The Morgan fingerprint density at radius 3 is 2.16 bits per heavy atom. The average molecular weight is 725 g/mol. The Morgan fingerprint density at radius 2 is 1.62 bits per heavy atom. The second kappa shape index (κ2) is 11.9. The van der Waals surface area contributed by atoms with Crippen molar-refractivity contribution in [1.29, 1.82) is 0 Å². The van der Waals surface area contributed by atoms with Gasteiger partial charge in [0.2, 0.25) is 11.7 Å². The number of halogens is 4. The predicted molar refractivity (Wildman–Crippen MR) is 173 cm³/mol. The zero-order valence-corrected chi connectivity index (χ0v) is 28.1. The van der Waals surface area contributed by atoms with E-state index in [2.05, 4.69) is 10.6 Å². The molecule has 2 saturated carbocycles. The molecule has 13 nitrogen and oxygen atoms in total. The first-order valence-corrected chi connectivity index (χ1v) is 15.8. The molecule has 0 aromatic heterocycles. The van der Waals surface area contributed by atoms with Gasteiger partial charge in [-0.25, -0.2) is 4.79 Å². The van der Waals surface area contributed by atoms with E-state index in [1.54, 1.807) is 0 Å². The highest BCUT2D eigenvalue weighted by Crippen LogP contribution is 2.66. The number of hydrogen-bond acceptors (Lipinski definition) is 10. The summed E-state index contributed by atoms with van der Waals surface area (Å²) in [6.45, 7) is 4.15. The molecule has 9 N–H and O–H groups in total. The van der Waals surface area contributed by atoms with Crippen LogP contribution in [0.1, 0.15) is 48.9 Å². The zero-order valence-electron chi connectivity index (χ0n) is 27.4. The summed E-state index contributed by atoms with van der Waals surface area (Å²) in [5, 5.41) is 62.9. The summed E-state index contributed by atoms with van der Waals surface area (Å²) in [5.74, 6) is -9.33. The van der Waals surface area contributed by atoms with E-state index in [9.17, 15) is 57.9 Å². The van der Waals surface area contributed by atoms with E-state index < -0.39 is 116 Å². The fourth-order valence-corrected chi connectivity index (χ4v) is 8.48. The molecule has 3 aliphatic rings. The number of rotatable bonds is 5. The third kappa shape index (κ3) is 4.83. The maximum absolute atomic E-state index is 14.5. The van der Waals surface area contributed by atoms with E-state index in [0.29, 0.717) is 0 Å². The van der Waals surface area contributed by atoms with Crippen molar-refractivity contribution in [3.8, 4) is 5.75 Å². The number of primary amides is 1. The molecule has 50 heavy (non-hydrogen) atoms. The lowest BCUT2D eigenvalue weighted by atomic mass is 9.41. The number of urea groups is 1. The molecule has 0 saturated heterocycles. The minimum absolute atomic E-state index is 0.141. The summed E-state index contributed by atoms with van der Waals surface area (Å²) in [6.07, 6.45) is -8.60. The number of aliphatic hydroxyl groups excluding tert-OH is 3. The lowest BCUT2D eigenvalue weighted by Crippen LogP contribution is -2.83. The van der Waals surface area contributed by atoms with Crippen molar-refractivity contribution in [3.05, 3.63) is 58.2 Å². The second-order valence-electron chi connectivity index (χ2n) is 13.6. The molecule has 3 aliphatic carbocycles. The van der Waals surface area contributed by atoms with Crippen LogP contribution in [-0.4, -0.2) is 91.9 Å². The predicted octanol–water partition coefficient (Wildman–Crippen LogP) is 2.84. The first-order valence-electron chi connectivity index (χ1n) is 15.3. The Morgan fingerprint density at radius 1 is 1.04 bits per heavy atom. The van der Waals surface area contributed by atoms with Gasteiger partial charge in [0, 0.05) is 17.3 Å². The van der Waals surface area contributed by atoms with Crippen molar-refractivity contribution < 1.29 is 57.9 Å². The summed E-state index contributed by atoms with van der Waals surface area (Å²) in [4.78, 5) is 55.0. The van der Waals surface area contributed by atoms with E-state index >= 15 is 0 Å². The number of aliphatic hydroxyl groups is 4. The van der Waals surface area contributed by atoms with Gasteiger partial charge in [-0.15, -0.1) is 11.6 Å². The number of nitrogens with zero attached hydrogens (tertiary/aromatic N) is 1. The van der Waals surface area contributed by atoms with Crippen LogP contribution in [0.5, 0.6) is 5.75 Å². The summed E-state index contributed by atoms with van der Waals surface area (Å²) >= 11 is 5.66. The van der Waals surface area contributed by atoms with Crippen molar-refractivity contribution in [2.45, 2.75) is 62.6 Å². The van der Waals surface area contributed by atoms with Crippen LogP contribution in [0.3, 0.4) is 0 Å². The van der Waals surface area contributed by atoms with Gasteiger partial charge in [-0.05, 0) is 49.3 Å². The van der Waals surface area contributed by atoms with Gasteiger partial charge in [-0.1, -0.05) is 32.9 Å². The van der Waals surface area contributed by atoms with Gasteiger partial charge in [-0.3, -0.25) is 14.4 Å². The number of anilines is 2. The van der Waals surface area contributed by atoms with E-state index in [4.69, 9.17) is 17.3 Å². The van der Waals surface area contributed by atoms with E-state index in [1.807, 2.05) is 0 Å². The number of ketones is 2. The number of nitrogens with one attached hydrogen (secondary N) is 2. The molecule has 0 heterocycles. The fourth-order valence-electron chi connectivity index (χ4n) is 8.31. The monoisotopic (exact) mass is 724 g/mol. The lowest BCUT2D eigenvalue weighted by molar-refractivity contribution is -0.238. The molecular formula is C33H36ClF3N4O9. The molecule has 2 unspecified atom stereocenters. The summed E-state index contributed by atoms with van der Waals surface area (Å²) in [5.41, 5.74) is -4.83. The normalized spacial score (nSPS) is 32.3. The largest absolute Gasteiger partial charge is 0.507 e. The number of carbonyl (C=O) groups excluding carboxylic acids is 4. The number of carbonyl (C=O) groups is 4. The molecule has 0 radical (unpaired) electrons. The third-order valence-electron chi connectivity index (χ3n) is 10.9. The number of hydrogen-bond donors (Lipinski definition) is 8. The first kappa shape index (κ1) is 37.0. The Hall–Kier alpha value is -4.22. The van der Waals surface area contributed by atoms with Crippen LogP contribution >= 0.6 is 11.6 Å². The number of benzene rings is 2.